The van der Waals surface area contributed by atoms with Crippen LogP contribution in [0, 0.1) is 0 Å². The van der Waals surface area contributed by atoms with Gasteiger partial charge >= 0.3 is 0 Å². The van der Waals surface area contributed by atoms with E-state index in [1.807, 2.05) is 0 Å². The van der Waals surface area contributed by atoms with Crippen molar-refractivity contribution in [2.45, 2.75) is 0 Å². The van der Waals surface area contributed by atoms with Crippen molar-refractivity contribution in [2.24, 2.45) is 0 Å². The molecule has 1 saturated heterocycles. The molecule has 0 spiro atoms. The maximum atomic E-state index is 3.22. The first-order valence-electron chi connectivity index (χ1n) is 2.41. The van der Waals surface area contributed by atoms with E-state index in [1.54, 1.807) is 0 Å². The van der Waals surface area contributed by atoms with Gasteiger partial charge in [-0.25, -0.2) is 0 Å². The number of hydrogen-bond donors (Lipinski definition) is 2. The summed E-state index contributed by atoms with van der Waals surface area (Å²) in [6, 6.07) is 0. The molecule has 0 aromatic carbocycles. The Morgan fingerprint density at radius 2 is 0.875 bits per heavy atom. The van der Waals surface area contributed by atoms with Crippen LogP contribution in [0.5, 0.6) is 0 Å². The van der Waals surface area contributed by atoms with Crippen LogP contribution in [0.15, 0.2) is 0 Å². The van der Waals surface area contributed by atoms with Crippen LogP contribution in [-0.2, 0) is 0 Å². The van der Waals surface area contributed by atoms with Crippen molar-refractivity contribution in [3.8, 4) is 0 Å². The molecule has 52 valence electrons. The minimum absolute atomic E-state index is 0. The van der Waals surface area contributed by atoms with Crippen molar-refractivity contribution >= 4 is 24.8 Å². The van der Waals surface area contributed by atoms with E-state index in [2.05, 4.69) is 10.6 Å². The standard InChI is InChI=1S/C4H10N2.2ClH/c1-2-6-4-3-5-1;;/h5-6H,1-4H2;2*1H. The van der Waals surface area contributed by atoms with Crippen LogP contribution in [0.2, 0.25) is 0 Å². The lowest BCUT2D eigenvalue weighted by atomic mass is 10.4. The second-order valence-corrected chi connectivity index (χ2v) is 1.50. The molecular weight excluding hydrogens is 147 g/mol. The number of piperazine rings is 1. The second-order valence-electron chi connectivity index (χ2n) is 1.50. The van der Waals surface area contributed by atoms with Crippen LogP contribution < -0.4 is 10.6 Å². The summed E-state index contributed by atoms with van der Waals surface area (Å²) in [6.07, 6.45) is 0. The van der Waals surface area contributed by atoms with Crippen LogP contribution in [0.3, 0.4) is 0 Å². The zero-order valence-corrected chi connectivity index (χ0v) is 6.28. The zero-order chi connectivity index (χ0) is 4.24. The average molecular weight is 159 g/mol. The lowest BCUT2D eigenvalue weighted by Crippen LogP contribution is -2.39. The Morgan fingerprint density at radius 3 is 1.00 bits per heavy atom. The van der Waals surface area contributed by atoms with Crippen molar-refractivity contribution in [1.29, 1.82) is 0 Å². The molecule has 0 atom stereocenters. The van der Waals surface area contributed by atoms with Gasteiger partial charge in [0.2, 0.25) is 0 Å². The minimum Gasteiger partial charge on any atom is -0.314 e. The summed E-state index contributed by atoms with van der Waals surface area (Å²) in [5.41, 5.74) is 0. The maximum absolute atomic E-state index is 3.22. The first-order valence-corrected chi connectivity index (χ1v) is 2.41. The van der Waals surface area contributed by atoms with Gasteiger partial charge in [-0.2, -0.15) is 0 Å². The van der Waals surface area contributed by atoms with Gasteiger partial charge in [-0.3, -0.25) is 0 Å². The maximum Gasteiger partial charge on any atom is 0.00772 e. The Bertz CT molecular complexity index is 27.5. The van der Waals surface area contributed by atoms with E-state index in [4.69, 9.17) is 0 Å². The minimum atomic E-state index is 0. The van der Waals surface area contributed by atoms with Crippen LogP contribution in [0.25, 0.3) is 0 Å². The van der Waals surface area contributed by atoms with Crippen LogP contribution in [0.1, 0.15) is 0 Å². The summed E-state index contributed by atoms with van der Waals surface area (Å²) in [5, 5.41) is 6.44. The van der Waals surface area contributed by atoms with Crippen molar-refractivity contribution in [1.82, 2.24) is 10.6 Å². The highest BCUT2D eigenvalue weighted by atomic mass is 35.5. The Balaban J connectivity index is 0. The highest BCUT2D eigenvalue weighted by molar-refractivity contribution is 5.85. The summed E-state index contributed by atoms with van der Waals surface area (Å²) >= 11 is 0. The summed E-state index contributed by atoms with van der Waals surface area (Å²) in [5.74, 6) is 0. The van der Waals surface area contributed by atoms with Crippen LogP contribution in [0.4, 0.5) is 0 Å². The highest BCUT2D eigenvalue weighted by Crippen LogP contribution is 1.65. The van der Waals surface area contributed by atoms with Crippen molar-refractivity contribution in [2.75, 3.05) is 26.2 Å². The van der Waals surface area contributed by atoms with E-state index in [-0.39, 0.29) is 24.8 Å². The molecule has 0 amide bonds. The fourth-order valence-corrected chi connectivity index (χ4v) is 0.604. The topological polar surface area (TPSA) is 24.1 Å². The van der Waals surface area contributed by atoms with Gasteiger partial charge in [0.25, 0.3) is 0 Å². The third-order valence-corrected chi connectivity index (χ3v) is 0.957. The normalized spacial score (nSPS) is 18.0. The predicted molar refractivity (Wildman–Crippen MR) is 40.2 cm³/mol. The summed E-state index contributed by atoms with van der Waals surface area (Å²) < 4.78 is 0. The number of hydrogen-bond acceptors (Lipinski definition) is 2. The van der Waals surface area contributed by atoms with Gasteiger partial charge in [0.05, 0.1) is 0 Å². The van der Waals surface area contributed by atoms with Gasteiger partial charge in [0.1, 0.15) is 0 Å². The smallest absolute Gasteiger partial charge is 0.00772 e. The van der Waals surface area contributed by atoms with Gasteiger partial charge in [-0.05, 0) is 0 Å². The Hall–Kier alpha value is 0.500. The molecule has 2 N–H and O–H groups in total. The molecule has 0 unspecified atom stereocenters. The zero-order valence-electron chi connectivity index (χ0n) is 4.64. The molecule has 1 rings (SSSR count). The lowest BCUT2D eigenvalue weighted by Gasteiger charge is -2.11. The van der Waals surface area contributed by atoms with Crippen molar-refractivity contribution in [3.05, 3.63) is 0 Å². The summed E-state index contributed by atoms with van der Waals surface area (Å²) in [6.45, 7) is 4.56. The Labute approximate surface area is 62.2 Å². The van der Waals surface area contributed by atoms with E-state index < -0.39 is 0 Å². The average Bonchev–Trinajstić information content (AvgIpc) is 1.72. The molecule has 8 heavy (non-hydrogen) atoms. The fraction of sp³-hybridized carbons (Fsp3) is 1.00. The molecule has 0 saturated carbocycles. The molecule has 2 nitrogen and oxygen atoms in total. The molecule has 1 aliphatic heterocycles. The molecule has 0 aliphatic carbocycles. The number of halogens is 2. The molecule has 1 aliphatic rings. The monoisotopic (exact) mass is 158 g/mol. The first-order chi connectivity index (χ1) is 3.00. The Morgan fingerprint density at radius 1 is 0.625 bits per heavy atom. The van der Waals surface area contributed by atoms with Gasteiger partial charge in [0, 0.05) is 26.2 Å². The SMILES string of the molecule is C1CNCCN1.Cl.Cl. The summed E-state index contributed by atoms with van der Waals surface area (Å²) in [7, 11) is 0. The van der Waals surface area contributed by atoms with Gasteiger partial charge in [-0.15, -0.1) is 24.8 Å². The van der Waals surface area contributed by atoms with E-state index in [0.29, 0.717) is 0 Å². The molecule has 0 aromatic heterocycles. The number of nitrogens with one attached hydrogen (secondary N) is 2. The van der Waals surface area contributed by atoms with E-state index >= 15 is 0 Å². The molecule has 0 radical (unpaired) electrons. The van der Waals surface area contributed by atoms with Gasteiger partial charge < -0.3 is 10.6 Å². The fourth-order valence-electron chi connectivity index (χ4n) is 0.604. The van der Waals surface area contributed by atoms with Crippen molar-refractivity contribution < 1.29 is 0 Å². The quantitative estimate of drug-likeness (QED) is 0.520. The van der Waals surface area contributed by atoms with E-state index in [0.717, 1.165) is 26.2 Å². The lowest BCUT2D eigenvalue weighted by molar-refractivity contribution is 0.534. The summed E-state index contributed by atoms with van der Waals surface area (Å²) in [4.78, 5) is 0. The third kappa shape index (κ3) is 4.65. The van der Waals surface area contributed by atoms with E-state index in [9.17, 15) is 0 Å². The van der Waals surface area contributed by atoms with Crippen LogP contribution in [-0.4, -0.2) is 26.2 Å². The third-order valence-electron chi connectivity index (χ3n) is 0.957. The van der Waals surface area contributed by atoms with Crippen molar-refractivity contribution in [3.63, 3.8) is 0 Å². The molecule has 1 heterocycles. The predicted octanol–water partition coefficient (Wildman–Crippen LogP) is 0.0228. The van der Waals surface area contributed by atoms with E-state index in [1.165, 1.54) is 0 Å². The first kappa shape index (κ1) is 11.3. The highest BCUT2D eigenvalue weighted by Gasteiger charge is 1.91. The van der Waals surface area contributed by atoms with Gasteiger partial charge in [-0.1, -0.05) is 0 Å². The molecule has 1 fully saturated rings. The molecule has 4 heteroatoms. The second kappa shape index (κ2) is 7.50. The Kier molecular flexibility index (Phi) is 10.6. The van der Waals surface area contributed by atoms with Crippen LogP contribution >= 0.6 is 24.8 Å². The molecule has 0 bridgehead atoms. The largest absolute Gasteiger partial charge is 0.314 e. The van der Waals surface area contributed by atoms with Gasteiger partial charge in [0.15, 0.2) is 0 Å². The molecule has 0 aromatic rings. The number of rotatable bonds is 0. The molecular formula is C4H12Cl2N2.